The summed E-state index contributed by atoms with van der Waals surface area (Å²) in [6.07, 6.45) is 3.28. The van der Waals surface area contributed by atoms with Gasteiger partial charge in [0.05, 0.1) is 17.6 Å². The van der Waals surface area contributed by atoms with E-state index in [2.05, 4.69) is 55.9 Å². The van der Waals surface area contributed by atoms with Crippen LogP contribution in [-0.2, 0) is 22.7 Å². The van der Waals surface area contributed by atoms with Crippen molar-refractivity contribution in [3.63, 3.8) is 0 Å². The molecule has 0 saturated heterocycles. The van der Waals surface area contributed by atoms with E-state index in [1.807, 2.05) is 60.5 Å². The van der Waals surface area contributed by atoms with Gasteiger partial charge in [-0.05, 0) is 54.6 Å². The van der Waals surface area contributed by atoms with Gasteiger partial charge < -0.3 is 4.98 Å². The number of imidazole rings is 1. The van der Waals surface area contributed by atoms with Crippen molar-refractivity contribution in [3.05, 3.63) is 107 Å². The number of anilines is 2. The number of hydrogen-bond acceptors (Lipinski definition) is 10. The third kappa shape index (κ3) is 6.98. The molecule has 5 aromatic heterocycles. The van der Waals surface area contributed by atoms with Crippen LogP contribution in [0.15, 0.2) is 96.1 Å². The lowest BCUT2D eigenvalue weighted by Gasteiger charge is -2.16. The summed E-state index contributed by atoms with van der Waals surface area (Å²) in [5, 5.41) is 19.0. The largest absolute Gasteiger partial charge is 0.326 e. The van der Waals surface area contributed by atoms with E-state index in [9.17, 15) is 14.4 Å². The molecule has 49 heavy (non-hydrogen) atoms. The molecule has 0 fully saturated rings. The number of nitrogens with zero attached hydrogens (tertiary/aromatic N) is 8. The average Bonchev–Trinajstić information content (AvgIpc) is 3.85. The molecule has 0 aliphatic rings. The van der Waals surface area contributed by atoms with Crippen LogP contribution in [0.2, 0.25) is 0 Å². The lowest BCUT2D eigenvalue weighted by molar-refractivity contribution is -0.117. The van der Waals surface area contributed by atoms with Crippen molar-refractivity contribution in [1.82, 2.24) is 54.8 Å². The molecule has 16 heteroatoms. The maximum Gasteiger partial charge on any atom is 0.326 e. The van der Waals surface area contributed by atoms with Crippen molar-refractivity contribution >= 4 is 34.7 Å². The first-order chi connectivity index (χ1) is 23.9. The second-order valence-corrected chi connectivity index (χ2v) is 11.1. The molecule has 5 heterocycles. The molecule has 16 nitrogen and oxygen atoms in total. The molecular formula is C33H29N13O3. The molecule has 7 rings (SSSR count). The summed E-state index contributed by atoms with van der Waals surface area (Å²) in [7, 11) is 1.84. The average molecular weight is 656 g/mol. The maximum absolute atomic E-state index is 13.0. The third-order valence-electron chi connectivity index (χ3n) is 7.50. The number of amides is 2. The fourth-order valence-corrected chi connectivity index (χ4v) is 5.37. The second-order valence-electron chi connectivity index (χ2n) is 11.1. The Balaban J connectivity index is 1.01. The summed E-state index contributed by atoms with van der Waals surface area (Å²) in [4.78, 5) is 60.5. The number of hydrogen-bond donors (Lipinski definition) is 5. The zero-order valence-electron chi connectivity index (χ0n) is 26.1. The number of benzene rings is 2. The molecule has 244 valence electrons. The number of para-hydroxylation sites is 1. The molecule has 7 aromatic rings. The Hall–Kier alpha value is -6.81. The van der Waals surface area contributed by atoms with E-state index in [1.54, 1.807) is 42.7 Å². The summed E-state index contributed by atoms with van der Waals surface area (Å²) in [5.41, 5.74) is 4.54. The van der Waals surface area contributed by atoms with Crippen LogP contribution in [0.25, 0.3) is 45.2 Å². The van der Waals surface area contributed by atoms with Gasteiger partial charge in [0.1, 0.15) is 17.9 Å². The standard InChI is InChI=1S/C33H29N13O3/c1-45(18-26(47)36-31-39-29(41-43-31)23-11-2-4-14-34-23)17-20-8-6-9-21(16-20)22-10-7-13-25-28(22)38-33(49)46(25)19-27(48)37-32-40-30(42-44-32)24-12-3-5-15-35-24/h2-16H,17-19H2,1H3,(H,38,49)(H2,36,39,41,43,47)(H2,37,40,42,44,48). The first-order valence-electron chi connectivity index (χ1n) is 15.2. The van der Waals surface area contributed by atoms with Gasteiger partial charge in [0, 0.05) is 24.5 Å². The van der Waals surface area contributed by atoms with E-state index in [4.69, 9.17) is 0 Å². The van der Waals surface area contributed by atoms with Crippen LogP contribution in [0.4, 0.5) is 11.9 Å². The molecule has 0 spiro atoms. The third-order valence-corrected chi connectivity index (χ3v) is 7.50. The van der Waals surface area contributed by atoms with Crippen molar-refractivity contribution in [1.29, 1.82) is 0 Å². The Morgan fingerprint density at radius 1 is 0.796 bits per heavy atom. The monoisotopic (exact) mass is 655 g/mol. The summed E-state index contributed by atoms with van der Waals surface area (Å²) in [6, 6.07) is 24.2. The van der Waals surface area contributed by atoms with Crippen LogP contribution in [-0.4, -0.2) is 80.2 Å². The first-order valence-corrected chi connectivity index (χ1v) is 15.2. The Labute approximate surface area is 277 Å². The number of fused-ring (bicyclic) bond motifs is 1. The molecule has 0 aliphatic carbocycles. The Morgan fingerprint density at radius 3 is 2.10 bits per heavy atom. The van der Waals surface area contributed by atoms with Crippen molar-refractivity contribution in [2.75, 3.05) is 24.2 Å². The Kier molecular flexibility index (Phi) is 8.49. The van der Waals surface area contributed by atoms with Crippen LogP contribution >= 0.6 is 0 Å². The fraction of sp³-hybridized carbons (Fsp3) is 0.121. The van der Waals surface area contributed by atoms with Gasteiger partial charge in [-0.15, -0.1) is 10.2 Å². The summed E-state index contributed by atoms with van der Waals surface area (Å²) >= 11 is 0. The highest BCUT2D eigenvalue weighted by atomic mass is 16.2. The van der Waals surface area contributed by atoms with Gasteiger partial charge in [-0.3, -0.25) is 49.9 Å². The number of carbonyl (C=O) groups excluding carboxylic acids is 2. The van der Waals surface area contributed by atoms with Crippen LogP contribution in [0, 0.1) is 0 Å². The normalized spacial score (nSPS) is 11.2. The highest BCUT2D eigenvalue weighted by molar-refractivity contribution is 5.94. The van der Waals surface area contributed by atoms with Gasteiger partial charge >= 0.3 is 5.69 Å². The van der Waals surface area contributed by atoms with Gasteiger partial charge in [0.15, 0.2) is 11.6 Å². The molecule has 0 radical (unpaired) electrons. The lowest BCUT2D eigenvalue weighted by Crippen LogP contribution is -2.30. The summed E-state index contributed by atoms with van der Waals surface area (Å²) in [5.74, 6) is 0.368. The van der Waals surface area contributed by atoms with E-state index in [1.165, 1.54) is 4.57 Å². The predicted molar refractivity (Wildman–Crippen MR) is 181 cm³/mol. The van der Waals surface area contributed by atoms with E-state index in [-0.39, 0.29) is 30.9 Å². The Bertz CT molecular complexity index is 2310. The highest BCUT2D eigenvalue weighted by Crippen LogP contribution is 2.28. The van der Waals surface area contributed by atoms with Crippen LogP contribution < -0.4 is 16.3 Å². The van der Waals surface area contributed by atoms with Crippen molar-refractivity contribution in [2.24, 2.45) is 0 Å². The van der Waals surface area contributed by atoms with E-state index in [0.717, 1.165) is 16.7 Å². The minimum Gasteiger partial charge on any atom is -0.305 e. The molecule has 5 N–H and O–H groups in total. The van der Waals surface area contributed by atoms with Crippen molar-refractivity contribution in [3.8, 4) is 34.2 Å². The van der Waals surface area contributed by atoms with E-state index >= 15 is 0 Å². The molecule has 0 saturated carbocycles. The number of aromatic amines is 3. The quantitative estimate of drug-likeness (QED) is 0.138. The molecule has 0 atom stereocenters. The topological polar surface area (TPSA) is 208 Å². The maximum atomic E-state index is 13.0. The highest BCUT2D eigenvalue weighted by Gasteiger charge is 2.17. The van der Waals surface area contributed by atoms with Crippen LogP contribution in [0.1, 0.15) is 5.56 Å². The predicted octanol–water partition coefficient (Wildman–Crippen LogP) is 3.07. The summed E-state index contributed by atoms with van der Waals surface area (Å²) < 4.78 is 1.37. The zero-order chi connectivity index (χ0) is 33.7. The van der Waals surface area contributed by atoms with Gasteiger partial charge in [-0.1, -0.05) is 42.5 Å². The molecule has 0 aliphatic heterocycles. The SMILES string of the molecule is CN(CC(=O)Nc1n[nH]c(-c2ccccn2)n1)Cc1cccc(-c2cccc3c2[nH]c(=O)n3CC(=O)Nc2n[nH]c(-c3ccccn3)n2)c1. The number of likely N-dealkylation sites (N-methyl/N-ethyl adjacent to an activating group) is 1. The minimum absolute atomic E-state index is 0.0750. The van der Waals surface area contributed by atoms with Crippen LogP contribution in [0.3, 0.4) is 0 Å². The molecule has 0 bridgehead atoms. The number of carbonyl (C=O) groups is 2. The fourth-order valence-electron chi connectivity index (χ4n) is 5.37. The number of H-pyrrole nitrogens is 3. The minimum atomic E-state index is -0.467. The number of rotatable bonds is 11. The number of nitrogens with one attached hydrogen (secondary N) is 5. The summed E-state index contributed by atoms with van der Waals surface area (Å²) in [6.45, 7) is 0.329. The van der Waals surface area contributed by atoms with Crippen LogP contribution in [0.5, 0.6) is 0 Å². The van der Waals surface area contributed by atoms with Gasteiger partial charge in [-0.2, -0.15) is 9.97 Å². The van der Waals surface area contributed by atoms with Gasteiger partial charge in [0.2, 0.25) is 23.7 Å². The molecule has 2 amide bonds. The second kappa shape index (κ2) is 13.5. The molecular weight excluding hydrogens is 626 g/mol. The van der Waals surface area contributed by atoms with Gasteiger partial charge in [-0.25, -0.2) is 4.79 Å². The molecule has 0 unspecified atom stereocenters. The Morgan fingerprint density at radius 2 is 1.45 bits per heavy atom. The lowest BCUT2D eigenvalue weighted by atomic mass is 10.0. The van der Waals surface area contributed by atoms with Crippen molar-refractivity contribution in [2.45, 2.75) is 13.1 Å². The zero-order valence-corrected chi connectivity index (χ0v) is 26.1. The smallest absolute Gasteiger partial charge is 0.305 e. The first kappa shape index (κ1) is 30.8. The molecule has 2 aromatic carbocycles. The van der Waals surface area contributed by atoms with E-state index in [0.29, 0.717) is 40.6 Å². The van der Waals surface area contributed by atoms with Gasteiger partial charge in [0.25, 0.3) is 0 Å². The van der Waals surface area contributed by atoms with E-state index < -0.39 is 11.6 Å². The number of pyridine rings is 2. The number of aromatic nitrogens is 10. The van der Waals surface area contributed by atoms with Crippen molar-refractivity contribution < 1.29 is 9.59 Å².